The summed E-state index contributed by atoms with van der Waals surface area (Å²) in [7, 11) is 0. The normalized spacial score (nSPS) is 26.3. The predicted molar refractivity (Wildman–Crippen MR) is 134 cm³/mol. The van der Waals surface area contributed by atoms with Crippen molar-refractivity contribution in [3.8, 4) is 0 Å². The van der Waals surface area contributed by atoms with Crippen LogP contribution in [0, 0.1) is 5.92 Å². The summed E-state index contributed by atoms with van der Waals surface area (Å²) < 4.78 is 13.1. The monoisotopic (exact) mass is 508 g/mol. The second kappa shape index (κ2) is 10.6. The summed E-state index contributed by atoms with van der Waals surface area (Å²) in [6.07, 6.45) is 3.74. The summed E-state index contributed by atoms with van der Waals surface area (Å²) in [5.41, 5.74) is 0.0938. The van der Waals surface area contributed by atoms with E-state index in [9.17, 15) is 19.8 Å². The van der Waals surface area contributed by atoms with Gasteiger partial charge in [0.05, 0.1) is 5.69 Å². The molecule has 3 N–H and O–H groups in total. The van der Waals surface area contributed by atoms with Crippen LogP contribution in [0.4, 0.5) is 5.82 Å². The molecule has 0 unspecified atom stereocenters. The van der Waals surface area contributed by atoms with Gasteiger partial charge in [0.1, 0.15) is 42.4 Å². The fourth-order valence-corrected chi connectivity index (χ4v) is 5.36. The van der Waals surface area contributed by atoms with Crippen molar-refractivity contribution in [2.24, 2.45) is 5.92 Å². The Morgan fingerprint density at radius 1 is 1.14 bits per heavy atom. The van der Waals surface area contributed by atoms with Crippen molar-refractivity contribution in [1.82, 2.24) is 14.6 Å². The Morgan fingerprint density at radius 2 is 1.89 bits per heavy atom. The highest BCUT2D eigenvalue weighted by Crippen LogP contribution is 2.40. The maximum absolute atomic E-state index is 12.7. The molecule has 3 heterocycles. The van der Waals surface area contributed by atoms with Crippen LogP contribution in [0.2, 0.25) is 0 Å². The fraction of sp³-hybridized carbons (Fsp3) is 0.481. The van der Waals surface area contributed by atoms with Gasteiger partial charge in [0.15, 0.2) is 5.82 Å². The zero-order chi connectivity index (χ0) is 26.0. The minimum atomic E-state index is -1.35. The van der Waals surface area contributed by atoms with E-state index < -0.39 is 23.9 Å². The molecule has 1 aromatic carbocycles. The van der Waals surface area contributed by atoms with Crippen LogP contribution in [-0.4, -0.2) is 61.6 Å². The topological polar surface area (TPSA) is 135 Å². The van der Waals surface area contributed by atoms with Crippen molar-refractivity contribution in [1.29, 1.82) is 0 Å². The first-order valence-corrected chi connectivity index (χ1v) is 12.8. The number of nitrogens with one attached hydrogen (secondary N) is 1. The molecular weight excluding hydrogens is 476 g/mol. The van der Waals surface area contributed by atoms with Gasteiger partial charge >= 0.3 is 5.97 Å². The Hall–Kier alpha value is -3.34. The molecule has 196 valence electrons. The van der Waals surface area contributed by atoms with Gasteiger partial charge in [-0.05, 0) is 49.9 Å². The first-order valence-electron chi connectivity index (χ1n) is 12.8. The summed E-state index contributed by atoms with van der Waals surface area (Å²) in [5.74, 6) is -0.00175. The number of benzene rings is 1. The van der Waals surface area contributed by atoms with Crippen LogP contribution >= 0.6 is 0 Å². The maximum Gasteiger partial charge on any atom is 0.306 e. The molecular formula is C27H32N4O6. The third-order valence-corrected chi connectivity index (χ3v) is 7.48. The number of anilines is 1. The quantitative estimate of drug-likeness (QED) is 0.415. The number of amides is 1. The Kier molecular flexibility index (Phi) is 7.23. The van der Waals surface area contributed by atoms with Gasteiger partial charge in [-0.1, -0.05) is 37.5 Å². The Morgan fingerprint density at radius 3 is 2.65 bits per heavy atom. The van der Waals surface area contributed by atoms with E-state index in [1.165, 1.54) is 17.3 Å². The van der Waals surface area contributed by atoms with Crippen LogP contribution in [0.1, 0.15) is 61.5 Å². The molecule has 10 heteroatoms. The average Bonchev–Trinajstić information content (AvgIpc) is 3.45. The molecule has 1 aliphatic carbocycles. The van der Waals surface area contributed by atoms with E-state index in [-0.39, 0.29) is 18.5 Å². The molecule has 1 amide bonds. The highest BCUT2D eigenvalue weighted by Gasteiger charge is 2.54. The molecule has 2 fully saturated rings. The third-order valence-electron chi connectivity index (χ3n) is 7.48. The Balaban J connectivity index is 1.30. The zero-order valence-corrected chi connectivity index (χ0v) is 20.7. The summed E-state index contributed by atoms with van der Waals surface area (Å²) in [6.45, 7) is 1.49. The minimum absolute atomic E-state index is 0.157. The molecule has 1 saturated carbocycles. The van der Waals surface area contributed by atoms with Gasteiger partial charge in [-0.15, -0.1) is 0 Å². The molecule has 10 nitrogen and oxygen atoms in total. The Bertz CT molecular complexity index is 1260. The van der Waals surface area contributed by atoms with Gasteiger partial charge in [-0.2, -0.15) is 5.10 Å². The fourth-order valence-electron chi connectivity index (χ4n) is 5.36. The van der Waals surface area contributed by atoms with Crippen molar-refractivity contribution < 1.29 is 29.3 Å². The number of esters is 1. The lowest BCUT2D eigenvalue weighted by Crippen LogP contribution is -2.39. The maximum atomic E-state index is 12.7. The van der Waals surface area contributed by atoms with Crippen molar-refractivity contribution in [3.63, 3.8) is 0 Å². The lowest BCUT2D eigenvalue weighted by atomic mass is 9.87. The molecule has 37 heavy (non-hydrogen) atoms. The number of hydrogen-bond donors (Lipinski definition) is 3. The van der Waals surface area contributed by atoms with Crippen molar-refractivity contribution in [3.05, 3.63) is 60.0 Å². The first kappa shape index (κ1) is 25.3. The minimum Gasteiger partial charge on any atom is -0.463 e. The van der Waals surface area contributed by atoms with E-state index in [1.807, 2.05) is 6.07 Å². The van der Waals surface area contributed by atoms with E-state index in [0.29, 0.717) is 34.9 Å². The largest absolute Gasteiger partial charge is 0.463 e. The highest BCUT2D eigenvalue weighted by atomic mass is 16.6. The number of fused-ring (bicyclic) bond motifs is 1. The molecule has 2 aromatic heterocycles. The van der Waals surface area contributed by atoms with Gasteiger partial charge in [0.25, 0.3) is 5.91 Å². The molecule has 4 atom stereocenters. The summed E-state index contributed by atoms with van der Waals surface area (Å²) in [5, 5.41) is 28.8. The number of carbonyl (C=O) groups excluding carboxylic acids is 2. The second-order valence-electron chi connectivity index (χ2n) is 10.0. The van der Waals surface area contributed by atoms with Crippen LogP contribution in [0.15, 0.2) is 48.8 Å². The number of aliphatic hydroxyl groups is 2. The number of rotatable bonds is 7. The lowest BCUT2D eigenvalue weighted by molar-refractivity contribution is -0.153. The van der Waals surface area contributed by atoms with Crippen LogP contribution in [0.25, 0.3) is 5.52 Å². The molecule has 1 aliphatic heterocycles. The number of hydrogen-bond acceptors (Lipinski definition) is 8. The third kappa shape index (κ3) is 5.09. The van der Waals surface area contributed by atoms with Gasteiger partial charge < -0.3 is 25.0 Å². The van der Waals surface area contributed by atoms with Gasteiger partial charge in [-0.3, -0.25) is 9.59 Å². The Labute approximate surface area is 214 Å². The van der Waals surface area contributed by atoms with Crippen LogP contribution < -0.4 is 5.32 Å². The molecule has 0 bridgehead atoms. The molecule has 0 radical (unpaired) electrons. The zero-order valence-electron chi connectivity index (χ0n) is 20.7. The van der Waals surface area contributed by atoms with Crippen molar-refractivity contribution in [2.45, 2.75) is 69.4 Å². The number of aliphatic hydroxyl groups excluding tert-OH is 2. The smallest absolute Gasteiger partial charge is 0.306 e. The second-order valence-corrected chi connectivity index (χ2v) is 10.0. The van der Waals surface area contributed by atoms with Crippen LogP contribution in [0.5, 0.6) is 0 Å². The van der Waals surface area contributed by atoms with E-state index >= 15 is 0 Å². The summed E-state index contributed by atoms with van der Waals surface area (Å²) >= 11 is 0. The molecule has 5 rings (SSSR count). The standard InChI is InChI=1S/C27H32N4O6/c1-27(24(34)23(33)20(37-27)15-36-22(32)14-17-8-4-2-5-9-17)21-13-12-19-25(28-16-29-31(19)21)30-26(35)18-10-6-3-7-11-18/h3,6-7,10-13,16-17,20,23-24,33-34H,2,4-5,8-9,14-15H2,1H3,(H,28,29,30,35)/t20-,23-,24-,27+/m1/s1. The van der Waals surface area contributed by atoms with Gasteiger partial charge in [-0.25, -0.2) is 9.50 Å². The number of aromatic nitrogens is 3. The first-order chi connectivity index (χ1) is 17.9. The summed E-state index contributed by atoms with van der Waals surface area (Å²) in [6, 6.07) is 12.2. The average molecular weight is 509 g/mol. The molecule has 1 saturated heterocycles. The van der Waals surface area contributed by atoms with Gasteiger partial charge in [0, 0.05) is 12.0 Å². The van der Waals surface area contributed by atoms with Crippen LogP contribution in [0.3, 0.4) is 0 Å². The van der Waals surface area contributed by atoms with E-state index in [4.69, 9.17) is 9.47 Å². The highest BCUT2D eigenvalue weighted by molar-refractivity contribution is 6.05. The lowest BCUT2D eigenvalue weighted by Gasteiger charge is -2.27. The van der Waals surface area contributed by atoms with Crippen molar-refractivity contribution >= 4 is 23.2 Å². The molecule has 3 aromatic rings. The SMILES string of the molecule is C[C@@]1(c2ccc3c(NC(=O)c4ccccc4)ncnn23)O[C@H](COC(=O)CC2CCCCC2)[C@@H](O)[C@H]1O. The van der Waals surface area contributed by atoms with Crippen LogP contribution in [-0.2, 0) is 19.9 Å². The summed E-state index contributed by atoms with van der Waals surface area (Å²) in [4.78, 5) is 29.2. The number of ether oxygens (including phenoxy) is 2. The van der Waals surface area contributed by atoms with Crippen molar-refractivity contribution in [2.75, 3.05) is 11.9 Å². The number of nitrogens with zero attached hydrogens (tertiary/aromatic N) is 3. The predicted octanol–water partition coefficient (Wildman–Crippen LogP) is 2.83. The molecule has 0 spiro atoms. The van der Waals surface area contributed by atoms with E-state index in [1.54, 1.807) is 43.3 Å². The molecule has 2 aliphatic rings. The van der Waals surface area contributed by atoms with Gasteiger partial charge in [0.2, 0.25) is 0 Å². The van der Waals surface area contributed by atoms with E-state index in [0.717, 1.165) is 25.7 Å². The van der Waals surface area contributed by atoms with E-state index in [2.05, 4.69) is 15.4 Å². The number of carbonyl (C=O) groups is 2.